The molecule has 2 atom stereocenters. The molecule has 1 rings (SSSR count). The molecule has 0 amide bonds. The van der Waals surface area contributed by atoms with Crippen molar-refractivity contribution in [2.45, 2.75) is 25.9 Å². The summed E-state index contributed by atoms with van der Waals surface area (Å²) >= 11 is 6.07. The van der Waals surface area contributed by atoms with Crippen LogP contribution < -0.4 is 11.1 Å². The van der Waals surface area contributed by atoms with Crippen LogP contribution in [-0.4, -0.2) is 12.6 Å². The molecule has 0 radical (unpaired) electrons. The Balaban J connectivity index is 2.69. The van der Waals surface area contributed by atoms with E-state index in [-0.39, 0.29) is 6.04 Å². The molecule has 0 aliphatic heterocycles. The molecule has 0 aliphatic rings. The molecule has 1 unspecified atom stereocenters. The van der Waals surface area contributed by atoms with Gasteiger partial charge in [0.05, 0.1) is 0 Å². The van der Waals surface area contributed by atoms with Crippen molar-refractivity contribution < 1.29 is 0 Å². The summed E-state index contributed by atoms with van der Waals surface area (Å²) in [6.45, 7) is 4.79. The Morgan fingerprint density at radius 3 is 2.57 bits per heavy atom. The molecule has 1 aromatic carbocycles. The zero-order valence-corrected chi connectivity index (χ0v) is 9.38. The summed E-state index contributed by atoms with van der Waals surface area (Å²) in [5.74, 6) is 0. The molecule has 3 N–H and O–H groups in total. The Hall–Kier alpha value is -0.570. The highest BCUT2D eigenvalue weighted by Gasteiger charge is 2.10. The van der Waals surface area contributed by atoms with Gasteiger partial charge in [-0.25, -0.2) is 0 Å². The predicted octanol–water partition coefficient (Wildman–Crippen LogP) is 2.34. The lowest BCUT2D eigenvalue weighted by Crippen LogP contribution is -2.35. The largest absolute Gasteiger partial charge is 0.329 e. The summed E-state index contributed by atoms with van der Waals surface area (Å²) < 4.78 is 0. The van der Waals surface area contributed by atoms with E-state index in [1.807, 2.05) is 24.3 Å². The molecule has 2 nitrogen and oxygen atoms in total. The van der Waals surface area contributed by atoms with Crippen molar-refractivity contribution in [3.63, 3.8) is 0 Å². The van der Waals surface area contributed by atoms with Crippen molar-refractivity contribution in [3.05, 3.63) is 34.9 Å². The van der Waals surface area contributed by atoms with E-state index in [4.69, 9.17) is 17.3 Å². The van der Waals surface area contributed by atoms with Gasteiger partial charge in [0.2, 0.25) is 0 Å². The van der Waals surface area contributed by atoms with Gasteiger partial charge in [-0.3, -0.25) is 0 Å². The van der Waals surface area contributed by atoms with E-state index in [0.29, 0.717) is 12.6 Å². The zero-order valence-electron chi connectivity index (χ0n) is 8.63. The molecule has 0 spiro atoms. The second-order valence-electron chi connectivity index (χ2n) is 3.55. The molecule has 0 heterocycles. The first-order valence-corrected chi connectivity index (χ1v) is 5.23. The van der Waals surface area contributed by atoms with Crippen LogP contribution in [0.25, 0.3) is 0 Å². The Bertz CT molecular complexity index is 288. The number of nitrogens with one attached hydrogen (secondary N) is 1. The van der Waals surface area contributed by atoms with E-state index in [1.165, 1.54) is 0 Å². The average Bonchev–Trinajstić information content (AvgIpc) is 2.18. The molecule has 3 heteroatoms. The number of nitrogens with two attached hydrogens (primary N) is 1. The van der Waals surface area contributed by atoms with Crippen molar-refractivity contribution >= 4 is 11.6 Å². The first-order chi connectivity index (χ1) is 6.65. The van der Waals surface area contributed by atoms with Crippen LogP contribution in [0.3, 0.4) is 0 Å². The molecule has 0 aromatic heterocycles. The van der Waals surface area contributed by atoms with Crippen LogP contribution in [0.2, 0.25) is 5.02 Å². The van der Waals surface area contributed by atoms with Gasteiger partial charge >= 0.3 is 0 Å². The normalized spacial score (nSPS) is 15.1. The lowest BCUT2D eigenvalue weighted by molar-refractivity contribution is 0.485. The number of rotatable bonds is 4. The summed E-state index contributed by atoms with van der Waals surface area (Å²) in [4.78, 5) is 0. The summed E-state index contributed by atoms with van der Waals surface area (Å²) in [7, 11) is 0. The van der Waals surface area contributed by atoms with Crippen LogP contribution in [0.4, 0.5) is 0 Å². The minimum absolute atomic E-state index is 0.238. The van der Waals surface area contributed by atoms with Crippen molar-refractivity contribution in [1.29, 1.82) is 0 Å². The fourth-order valence-electron chi connectivity index (χ4n) is 1.41. The van der Waals surface area contributed by atoms with Crippen molar-refractivity contribution in [2.24, 2.45) is 5.73 Å². The van der Waals surface area contributed by atoms with Crippen LogP contribution in [0, 0.1) is 0 Å². The average molecular weight is 213 g/mol. The fraction of sp³-hybridized carbons (Fsp3) is 0.455. The maximum Gasteiger partial charge on any atom is 0.0453 e. The van der Waals surface area contributed by atoms with Gasteiger partial charge in [0, 0.05) is 23.7 Å². The molecular formula is C11H17ClN2. The van der Waals surface area contributed by atoms with Gasteiger partial charge in [-0.05, 0) is 25.5 Å². The van der Waals surface area contributed by atoms with Gasteiger partial charge < -0.3 is 11.1 Å². The van der Waals surface area contributed by atoms with Crippen molar-refractivity contribution in [1.82, 2.24) is 5.32 Å². The summed E-state index contributed by atoms with van der Waals surface area (Å²) in [6, 6.07) is 8.41. The molecule has 0 bridgehead atoms. The highest BCUT2D eigenvalue weighted by Crippen LogP contribution is 2.22. The van der Waals surface area contributed by atoms with Crippen molar-refractivity contribution in [2.75, 3.05) is 6.54 Å². The van der Waals surface area contributed by atoms with E-state index in [2.05, 4.69) is 19.2 Å². The number of hydrogen-bond donors (Lipinski definition) is 2. The molecule has 1 aromatic rings. The molecule has 0 fully saturated rings. The molecule has 0 aliphatic carbocycles. The molecule has 0 saturated heterocycles. The SMILES string of the molecule is CC(CN)N[C@@H](C)c1ccccc1Cl. The predicted molar refractivity (Wildman–Crippen MR) is 61.5 cm³/mol. The summed E-state index contributed by atoms with van der Waals surface area (Å²) in [5.41, 5.74) is 6.66. The Morgan fingerprint density at radius 1 is 1.36 bits per heavy atom. The molecular weight excluding hydrogens is 196 g/mol. The Kier molecular flexibility index (Phi) is 4.39. The monoisotopic (exact) mass is 212 g/mol. The van der Waals surface area contributed by atoms with Gasteiger partial charge in [0.15, 0.2) is 0 Å². The smallest absolute Gasteiger partial charge is 0.0453 e. The summed E-state index contributed by atoms with van der Waals surface area (Å²) in [5, 5.41) is 4.18. The lowest BCUT2D eigenvalue weighted by atomic mass is 10.1. The maximum atomic E-state index is 6.07. The second-order valence-corrected chi connectivity index (χ2v) is 3.95. The standard InChI is InChI=1S/C11H17ClN2/c1-8(7-13)14-9(2)10-5-3-4-6-11(10)12/h3-6,8-9,14H,7,13H2,1-2H3/t8?,9-/m0/s1. The first kappa shape index (κ1) is 11.5. The van der Waals surface area contributed by atoms with Gasteiger partial charge in [-0.15, -0.1) is 0 Å². The third-order valence-electron chi connectivity index (χ3n) is 2.26. The van der Waals surface area contributed by atoms with Crippen LogP contribution in [0.15, 0.2) is 24.3 Å². The number of halogens is 1. The van der Waals surface area contributed by atoms with Gasteiger partial charge in [-0.1, -0.05) is 29.8 Å². The minimum atomic E-state index is 0.238. The third kappa shape index (κ3) is 2.98. The maximum absolute atomic E-state index is 6.07. The topological polar surface area (TPSA) is 38.0 Å². The van der Waals surface area contributed by atoms with Crippen LogP contribution in [0.5, 0.6) is 0 Å². The zero-order chi connectivity index (χ0) is 10.6. The lowest BCUT2D eigenvalue weighted by Gasteiger charge is -2.19. The minimum Gasteiger partial charge on any atom is -0.329 e. The van der Waals surface area contributed by atoms with E-state index in [0.717, 1.165) is 10.6 Å². The highest BCUT2D eigenvalue weighted by molar-refractivity contribution is 6.31. The van der Waals surface area contributed by atoms with Gasteiger partial charge in [0.1, 0.15) is 0 Å². The third-order valence-corrected chi connectivity index (χ3v) is 2.60. The van der Waals surface area contributed by atoms with E-state index in [9.17, 15) is 0 Å². The van der Waals surface area contributed by atoms with Crippen LogP contribution >= 0.6 is 11.6 Å². The second kappa shape index (κ2) is 5.35. The van der Waals surface area contributed by atoms with Crippen molar-refractivity contribution in [3.8, 4) is 0 Å². The Morgan fingerprint density at radius 2 is 2.00 bits per heavy atom. The molecule has 78 valence electrons. The highest BCUT2D eigenvalue weighted by atomic mass is 35.5. The Labute approximate surface area is 90.4 Å². The summed E-state index contributed by atoms with van der Waals surface area (Å²) in [6.07, 6.45) is 0. The van der Waals surface area contributed by atoms with Gasteiger partial charge in [-0.2, -0.15) is 0 Å². The van der Waals surface area contributed by atoms with Gasteiger partial charge in [0.25, 0.3) is 0 Å². The van der Waals surface area contributed by atoms with E-state index < -0.39 is 0 Å². The fourth-order valence-corrected chi connectivity index (χ4v) is 1.71. The quantitative estimate of drug-likeness (QED) is 0.804. The number of benzene rings is 1. The van der Waals surface area contributed by atoms with E-state index in [1.54, 1.807) is 0 Å². The first-order valence-electron chi connectivity index (χ1n) is 4.85. The van der Waals surface area contributed by atoms with Crippen LogP contribution in [-0.2, 0) is 0 Å². The molecule has 0 saturated carbocycles. The van der Waals surface area contributed by atoms with Crippen LogP contribution in [0.1, 0.15) is 25.5 Å². The van der Waals surface area contributed by atoms with E-state index >= 15 is 0 Å². The number of hydrogen-bond acceptors (Lipinski definition) is 2. The molecule has 14 heavy (non-hydrogen) atoms.